The maximum Gasteiger partial charge on any atom is 0.270 e. The Bertz CT molecular complexity index is 391. The molecule has 0 bridgehead atoms. The highest BCUT2D eigenvalue weighted by molar-refractivity contribution is 5.44. The van der Waals surface area contributed by atoms with E-state index in [0.717, 1.165) is 0 Å². The summed E-state index contributed by atoms with van der Waals surface area (Å²) >= 11 is 0. The van der Waals surface area contributed by atoms with E-state index in [4.69, 9.17) is 9.47 Å². The topological polar surface area (TPSA) is 81.8 Å². The molecule has 0 aromatic heterocycles. The summed E-state index contributed by atoms with van der Waals surface area (Å²) in [5, 5.41) is 20.1. The second-order valence-corrected chi connectivity index (χ2v) is 3.50. The first-order valence-electron chi connectivity index (χ1n) is 5.14. The Balaban J connectivity index is 2.92. The number of ether oxygens (including phenoxy) is 2. The Morgan fingerprint density at radius 2 is 2.18 bits per heavy atom. The number of nitro groups is 1. The van der Waals surface area contributed by atoms with E-state index >= 15 is 0 Å². The lowest BCUT2D eigenvalue weighted by Crippen LogP contribution is -2.07. The van der Waals surface area contributed by atoms with Crippen molar-refractivity contribution in [2.75, 3.05) is 20.3 Å². The van der Waals surface area contributed by atoms with Crippen LogP contribution in [-0.2, 0) is 4.74 Å². The zero-order valence-corrected chi connectivity index (χ0v) is 9.75. The predicted octanol–water partition coefficient (Wildman–Crippen LogP) is 1.67. The van der Waals surface area contributed by atoms with Crippen LogP contribution >= 0.6 is 0 Å². The molecule has 6 nitrogen and oxygen atoms in total. The number of hydrogen-bond acceptors (Lipinski definition) is 5. The van der Waals surface area contributed by atoms with Crippen LogP contribution in [0.3, 0.4) is 0 Å². The van der Waals surface area contributed by atoms with Crippen LogP contribution in [0.4, 0.5) is 5.69 Å². The normalized spacial score (nSPS) is 12.2. The van der Waals surface area contributed by atoms with Gasteiger partial charge in [0.15, 0.2) is 0 Å². The lowest BCUT2D eigenvalue weighted by Gasteiger charge is -2.12. The molecule has 94 valence electrons. The average molecular weight is 241 g/mol. The number of benzene rings is 1. The summed E-state index contributed by atoms with van der Waals surface area (Å²) in [5.41, 5.74) is 0.329. The van der Waals surface area contributed by atoms with Crippen LogP contribution < -0.4 is 4.74 Å². The molecule has 0 aliphatic carbocycles. The first kappa shape index (κ1) is 13.4. The van der Waals surface area contributed by atoms with Crippen molar-refractivity contribution in [2.45, 2.75) is 13.0 Å². The quantitative estimate of drug-likeness (QED) is 0.465. The summed E-state index contributed by atoms with van der Waals surface area (Å²) < 4.78 is 10.2. The van der Waals surface area contributed by atoms with Gasteiger partial charge in [-0.2, -0.15) is 0 Å². The maximum absolute atomic E-state index is 10.6. The molecule has 0 aliphatic heterocycles. The van der Waals surface area contributed by atoms with Crippen molar-refractivity contribution in [3.8, 4) is 5.75 Å². The van der Waals surface area contributed by atoms with Crippen molar-refractivity contribution in [3.05, 3.63) is 33.9 Å². The van der Waals surface area contributed by atoms with Gasteiger partial charge in [-0.3, -0.25) is 10.1 Å². The predicted molar refractivity (Wildman–Crippen MR) is 61.1 cm³/mol. The number of rotatable bonds is 6. The van der Waals surface area contributed by atoms with Gasteiger partial charge in [0.2, 0.25) is 0 Å². The molecule has 0 heterocycles. The second-order valence-electron chi connectivity index (χ2n) is 3.50. The number of nitro benzene ring substituents is 1. The van der Waals surface area contributed by atoms with Gasteiger partial charge in [-0.1, -0.05) is 0 Å². The standard InChI is InChI=1S/C11H15NO5/c1-8(13)10-7-9(12(14)15)3-4-11(10)17-6-5-16-2/h3-4,7-8,13H,5-6H2,1-2H3/t8-/m0/s1. The molecule has 0 fully saturated rings. The van der Waals surface area contributed by atoms with Crippen LogP contribution in [0.5, 0.6) is 5.75 Å². The Morgan fingerprint density at radius 1 is 1.47 bits per heavy atom. The summed E-state index contributed by atoms with van der Waals surface area (Å²) in [5.74, 6) is 0.433. The van der Waals surface area contributed by atoms with Crippen molar-refractivity contribution >= 4 is 5.69 Å². The van der Waals surface area contributed by atoms with Crippen LogP contribution in [0, 0.1) is 10.1 Å². The van der Waals surface area contributed by atoms with Gasteiger partial charge >= 0.3 is 0 Å². The minimum absolute atomic E-state index is 0.0695. The van der Waals surface area contributed by atoms with Gasteiger partial charge in [0.05, 0.1) is 17.6 Å². The molecule has 1 aromatic carbocycles. The van der Waals surface area contributed by atoms with E-state index in [-0.39, 0.29) is 5.69 Å². The molecule has 1 aromatic rings. The first-order valence-corrected chi connectivity index (χ1v) is 5.14. The smallest absolute Gasteiger partial charge is 0.270 e. The van der Waals surface area contributed by atoms with Gasteiger partial charge in [-0.25, -0.2) is 0 Å². The fraction of sp³-hybridized carbons (Fsp3) is 0.455. The average Bonchev–Trinajstić information content (AvgIpc) is 2.29. The van der Waals surface area contributed by atoms with E-state index in [2.05, 4.69) is 0 Å². The largest absolute Gasteiger partial charge is 0.491 e. The lowest BCUT2D eigenvalue weighted by molar-refractivity contribution is -0.385. The van der Waals surface area contributed by atoms with Gasteiger partial charge < -0.3 is 14.6 Å². The Hall–Kier alpha value is -1.66. The van der Waals surface area contributed by atoms with Gasteiger partial charge in [-0.15, -0.1) is 0 Å². The third kappa shape index (κ3) is 3.69. The fourth-order valence-corrected chi connectivity index (χ4v) is 1.34. The van der Waals surface area contributed by atoms with Crippen LogP contribution in [0.1, 0.15) is 18.6 Å². The number of nitrogens with zero attached hydrogens (tertiary/aromatic N) is 1. The number of methoxy groups -OCH3 is 1. The van der Waals surface area contributed by atoms with E-state index in [1.807, 2.05) is 0 Å². The number of aliphatic hydroxyl groups excluding tert-OH is 1. The molecular formula is C11H15NO5. The number of aliphatic hydroxyl groups is 1. The van der Waals surface area contributed by atoms with Crippen molar-refractivity contribution in [1.82, 2.24) is 0 Å². The van der Waals surface area contributed by atoms with Crippen LogP contribution in [0.25, 0.3) is 0 Å². The van der Waals surface area contributed by atoms with Crippen LogP contribution in [0.15, 0.2) is 18.2 Å². The van der Waals surface area contributed by atoms with Crippen LogP contribution in [0.2, 0.25) is 0 Å². The Kier molecular flexibility index (Phi) is 4.86. The Morgan fingerprint density at radius 3 is 2.71 bits per heavy atom. The molecule has 0 saturated heterocycles. The molecule has 0 radical (unpaired) electrons. The van der Waals surface area contributed by atoms with Crippen molar-refractivity contribution in [1.29, 1.82) is 0 Å². The van der Waals surface area contributed by atoms with Gasteiger partial charge in [0, 0.05) is 24.8 Å². The van der Waals surface area contributed by atoms with Gasteiger partial charge in [0.1, 0.15) is 12.4 Å². The minimum Gasteiger partial charge on any atom is -0.491 e. The molecule has 0 aliphatic rings. The molecule has 17 heavy (non-hydrogen) atoms. The third-order valence-corrected chi connectivity index (χ3v) is 2.20. The zero-order chi connectivity index (χ0) is 12.8. The molecule has 6 heteroatoms. The molecule has 1 atom stereocenters. The summed E-state index contributed by atoms with van der Waals surface area (Å²) in [6.07, 6.45) is -0.826. The molecule has 0 amide bonds. The van der Waals surface area contributed by atoms with Gasteiger partial charge in [0.25, 0.3) is 5.69 Å². The molecule has 0 unspecified atom stereocenters. The summed E-state index contributed by atoms with van der Waals surface area (Å²) in [4.78, 5) is 10.1. The zero-order valence-electron chi connectivity index (χ0n) is 9.75. The van der Waals surface area contributed by atoms with E-state index < -0.39 is 11.0 Å². The highest BCUT2D eigenvalue weighted by Crippen LogP contribution is 2.29. The van der Waals surface area contributed by atoms with Crippen molar-refractivity contribution in [2.24, 2.45) is 0 Å². The SMILES string of the molecule is COCCOc1ccc([N+](=O)[O-])cc1[C@H](C)O. The van der Waals surface area contributed by atoms with E-state index in [9.17, 15) is 15.2 Å². The summed E-state index contributed by atoms with van der Waals surface area (Å²) in [7, 11) is 1.55. The summed E-state index contributed by atoms with van der Waals surface area (Å²) in [6.45, 7) is 2.27. The van der Waals surface area contributed by atoms with Crippen molar-refractivity contribution in [3.63, 3.8) is 0 Å². The van der Waals surface area contributed by atoms with Gasteiger partial charge in [-0.05, 0) is 13.0 Å². The van der Waals surface area contributed by atoms with E-state index in [0.29, 0.717) is 24.5 Å². The highest BCUT2D eigenvalue weighted by atomic mass is 16.6. The highest BCUT2D eigenvalue weighted by Gasteiger charge is 2.15. The molecule has 1 rings (SSSR count). The molecule has 0 saturated carbocycles. The van der Waals surface area contributed by atoms with Crippen molar-refractivity contribution < 1.29 is 19.5 Å². The Labute approximate surface area is 98.9 Å². The molecule has 0 spiro atoms. The molecular weight excluding hydrogens is 226 g/mol. The lowest BCUT2D eigenvalue weighted by atomic mass is 10.1. The second kappa shape index (κ2) is 6.17. The number of hydrogen-bond donors (Lipinski definition) is 1. The third-order valence-electron chi connectivity index (χ3n) is 2.20. The first-order chi connectivity index (χ1) is 8.06. The fourth-order valence-electron chi connectivity index (χ4n) is 1.34. The van der Waals surface area contributed by atoms with E-state index in [1.54, 1.807) is 7.11 Å². The summed E-state index contributed by atoms with van der Waals surface area (Å²) in [6, 6.07) is 4.14. The minimum atomic E-state index is -0.826. The number of non-ortho nitro benzene ring substituents is 1. The van der Waals surface area contributed by atoms with E-state index in [1.165, 1.54) is 25.1 Å². The van der Waals surface area contributed by atoms with Crippen LogP contribution in [-0.4, -0.2) is 30.4 Å². The maximum atomic E-state index is 10.6. The molecule has 1 N–H and O–H groups in total. The monoisotopic (exact) mass is 241 g/mol.